The van der Waals surface area contributed by atoms with Crippen LogP contribution in [0.3, 0.4) is 0 Å². The van der Waals surface area contributed by atoms with E-state index in [9.17, 15) is 22.8 Å². The van der Waals surface area contributed by atoms with E-state index in [4.69, 9.17) is 0 Å². The number of carbonyl (C=O) groups excluding carboxylic acids is 2. The van der Waals surface area contributed by atoms with E-state index < -0.39 is 23.6 Å². The molecule has 0 aliphatic carbocycles. The lowest BCUT2D eigenvalue weighted by Gasteiger charge is -2.09. The second-order valence-electron chi connectivity index (χ2n) is 7.58. The van der Waals surface area contributed by atoms with Crippen LogP contribution in [0.2, 0.25) is 0 Å². The monoisotopic (exact) mass is 480 g/mol. The lowest BCUT2D eigenvalue weighted by Crippen LogP contribution is -2.42. The molecule has 0 radical (unpaired) electrons. The molecule has 8 nitrogen and oxygen atoms in total. The quantitative estimate of drug-likeness (QED) is 0.412. The summed E-state index contributed by atoms with van der Waals surface area (Å²) in [7, 11) is 0. The normalized spacial score (nSPS) is 11.2. The number of amides is 2. The van der Waals surface area contributed by atoms with Gasteiger partial charge in [0.05, 0.1) is 18.5 Å². The molecule has 11 heteroatoms. The van der Waals surface area contributed by atoms with E-state index in [0.717, 1.165) is 23.3 Å². The van der Waals surface area contributed by atoms with Crippen molar-refractivity contribution in [2.75, 3.05) is 0 Å². The number of nitrogens with one attached hydrogen (secondary N) is 2. The maximum absolute atomic E-state index is 12.6. The highest BCUT2D eigenvalue weighted by atomic mass is 19.4. The van der Waals surface area contributed by atoms with Crippen molar-refractivity contribution in [2.45, 2.75) is 19.1 Å². The van der Waals surface area contributed by atoms with Gasteiger partial charge in [-0.25, -0.2) is 0 Å². The number of halogens is 3. The first-order chi connectivity index (χ1) is 16.8. The van der Waals surface area contributed by atoms with Gasteiger partial charge >= 0.3 is 6.18 Å². The molecule has 1 heterocycles. The molecule has 2 N–H and O–H groups in total. The van der Waals surface area contributed by atoms with Gasteiger partial charge in [-0.05, 0) is 40.6 Å². The van der Waals surface area contributed by atoms with Crippen LogP contribution in [-0.2, 0) is 23.9 Å². The van der Waals surface area contributed by atoms with Gasteiger partial charge in [-0.1, -0.05) is 54.6 Å². The van der Waals surface area contributed by atoms with Crippen molar-refractivity contribution in [3.8, 4) is 11.4 Å². The largest absolute Gasteiger partial charge is 0.416 e. The predicted molar refractivity (Wildman–Crippen MR) is 120 cm³/mol. The highest BCUT2D eigenvalue weighted by Crippen LogP contribution is 2.29. The van der Waals surface area contributed by atoms with Crippen LogP contribution in [0.25, 0.3) is 11.4 Å². The van der Waals surface area contributed by atoms with Gasteiger partial charge in [-0.3, -0.25) is 20.4 Å². The van der Waals surface area contributed by atoms with Crippen LogP contribution in [-0.4, -0.2) is 32.0 Å². The fraction of sp³-hybridized carbons (Fsp3) is 0.125. The lowest BCUT2D eigenvalue weighted by atomic mass is 10.1. The fourth-order valence-electron chi connectivity index (χ4n) is 3.18. The van der Waals surface area contributed by atoms with Crippen molar-refractivity contribution in [2.24, 2.45) is 0 Å². The van der Waals surface area contributed by atoms with Gasteiger partial charge in [0.2, 0.25) is 11.7 Å². The van der Waals surface area contributed by atoms with Gasteiger partial charge in [0.15, 0.2) is 0 Å². The number of hydrogen-bond donors (Lipinski definition) is 2. The summed E-state index contributed by atoms with van der Waals surface area (Å²) in [4.78, 5) is 25.8. The van der Waals surface area contributed by atoms with E-state index in [1.807, 2.05) is 30.3 Å². The first-order valence-corrected chi connectivity index (χ1v) is 10.5. The number of benzene rings is 3. The average molecular weight is 480 g/mol. The van der Waals surface area contributed by atoms with Crippen LogP contribution in [0.15, 0.2) is 78.9 Å². The minimum atomic E-state index is -4.44. The van der Waals surface area contributed by atoms with Crippen molar-refractivity contribution in [3.05, 3.63) is 101 Å². The topological polar surface area (TPSA) is 102 Å². The van der Waals surface area contributed by atoms with Crippen molar-refractivity contribution in [1.82, 2.24) is 31.1 Å². The van der Waals surface area contributed by atoms with Gasteiger partial charge in [0.25, 0.3) is 5.91 Å². The number of hydrogen-bond acceptors (Lipinski definition) is 5. The Kier molecular flexibility index (Phi) is 6.86. The highest BCUT2D eigenvalue weighted by molar-refractivity contribution is 5.95. The SMILES string of the molecule is O=C(Cc1ccc(C(F)(F)F)cc1)NNC(=O)c1ccc(Cn2nnc(-c3ccccc3)n2)cc1. The molecule has 4 rings (SSSR count). The minimum absolute atomic E-state index is 0.187. The van der Waals surface area contributed by atoms with E-state index in [1.54, 1.807) is 24.3 Å². The Morgan fingerprint density at radius 3 is 2.14 bits per heavy atom. The number of carbonyl (C=O) groups is 2. The van der Waals surface area contributed by atoms with Crippen LogP contribution in [0.5, 0.6) is 0 Å². The Labute approximate surface area is 197 Å². The molecular formula is C24H19F3N6O2. The number of tetrazole rings is 1. The maximum Gasteiger partial charge on any atom is 0.416 e. The number of hydrazine groups is 1. The van der Waals surface area contributed by atoms with Crippen molar-refractivity contribution >= 4 is 11.8 Å². The summed E-state index contributed by atoms with van der Waals surface area (Å²) in [6.45, 7) is 0.353. The van der Waals surface area contributed by atoms with E-state index >= 15 is 0 Å². The second-order valence-corrected chi connectivity index (χ2v) is 7.58. The molecule has 0 saturated carbocycles. The zero-order valence-corrected chi connectivity index (χ0v) is 18.2. The molecule has 0 bridgehead atoms. The van der Waals surface area contributed by atoms with Gasteiger partial charge < -0.3 is 0 Å². The smallest absolute Gasteiger partial charge is 0.273 e. The molecule has 4 aromatic rings. The molecule has 0 atom stereocenters. The highest BCUT2D eigenvalue weighted by Gasteiger charge is 2.30. The summed E-state index contributed by atoms with van der Waals surface area (Å²) >= 11 is 0. The lowest BCUT2D eigenvalue weighted by molar-refractivity contribution is -0.137. The Morgan fingerprint density at radius 1 is 0.829 bits per heavy atom. The molecule has 0 unspecified atom stereocenters. The first kappa shape index (κ1) is 23.6. The average Bonchev–Trinajstić information content (AvgIpc) is 3.32. The molecule has 2 amide bonds. The summed E-state index contributed by atoms with van der Waals surface area (Å²) in [5.74, 6) is -0.600. The van der Waals surface area contributed by atoms with Crippen molar-refractivity contribution < 1.29 is 22.8 Å². The van der Waals surface area contributed by atoms with Crippen molar-refractivity contribution in [3.63, 3.8) is 0 Å². The Morgan fingerprint density at radius 2 is 1.49 bits per heavy atom. The van der Waals surface area contributed by atoms with E-state index in [1.165, 1.54) is 16.9 Å². The molecule has 0 saturated heterocycles. The third kappa shape index (κ3) is 6.28. The number of nitrogens with zero attached hydrogens (tertiary/aromatic N) is 4. The Bertz CT molecular complexity index is 1300. The molecular weight excluding hydrogens is 461 g/mol. The zero-order valence-electron chi connectivity index (χ0n) is 18.2. The number of rotatable bonds is 6. The summed E-state index contributed by atoms with van der Waals surface area (Å²) in [6.07, 6.45) is -4.63. The van der Waals surface area contributed by atoms with E-state index in [2.05, 4.69) is 26.3 Å². The number of aromatic nitrogens is 4. The Hall–Kier alpha value is -4.54. The molecule has 0 aliphatic rings. The maximum atomic E-state index is 12.6. The van der Waals surface area contributed by atoms with Crippen LogP contribution in [0, 0.1) is 0 Å². The molecule has 178 valence electrons. The van der Waals surface area contributed by atoms with Gasteiger partial charge in [-0.15, -0.1) is 10.2 Å². The zero-order chi connectivity index (χ0) is 24.8. The third-order valence-electron chi connectivity index (χ3n) is 4.99. The summed E-state index contributed by atoms with van der Waals surface area (Å²) in [5.41, 5.74) is 6.12. The van der Waals surface area contributed by atoms with Crippen LogP contribution < -0.4 is 10.9 Å². The molecule has 0 fully saturated rings. The predicted octanol–water partition coefficient (Wildman–Crippen LogP) is 3.41. The summed E-state index contributed by atoms with van der Waals surface area (Å²) < 4.78 is 37.8. The van der Waals surface area contributed by atoms with Crippen LogP contribution in [0.1, 0.15) is 27.0 Å². The molecule has 0 aliphatic heterocycles. The summed E-state index contributed by atoms with van der Waals surface area (Å²) in [6, 6.07) is 20.3. The Balaban J connectivity index is 1.27. The summed E-state index contributed by atoms with van der Waals surface area (Å²) in [5, 5.41) is 12.4. The standard InChI is InChI=1S/C24H19F3N6O2/c25-24(26,27)20-12-8-16(9-13-20)14-21(34)28-30-23(35)19-10-6-17(7-11-19)15-33-31-22(29-32-33)18-4-2-1-3-5-18/h1-13H,14-15H2,(H,28,34)(H,30,35). The van der Waals surface area contributed by atoms with Gasteiger partial charge in [0.1, 0.15) is 0 Å². The van der Waals surface area contributed by atoms with Gasteiger partial charge in [0, 0.05) is 11.1 Å². The molecule has 1 aromatic heterocycles. The van der Waals surface area contributed by atoms with Gasteiger partial charge in [-0.2, -0.15) is 18.0 Å². The van der Waals surface area contributed by atoms with E-state index in [0.29, 0.717) is 23.5 Å². The molecule has 35 heavy (non-hydrogen) atoms. The van der Waals surface area contributed by atoms with Crippen molar-refractivity contribution in [1.29, 1.82) is 0 Å². The molecule has 0 spiro atoms. The number of alkyl halides is 3. The molecule has 3 aromatic carbocycles. The van der Waals surface area contributed by atoms with Crippen LogP contribution in [0.4, 0.5) is 13.2 Å². The second kappa shape index (κ2) is 10.2. The fourth-order valence-corrected chi connectivity index (χ4v) is 3.18. The van der Waals surface area contributed by atoms with Crippen LogP contribution >= 0.6 is 0 Å². The third-order valence-corrected chi connectivity index (χ3v) is 4.99. The van der Waals surface area contributed by atoms with E-state index in [-0.39, 0.29) is 6.42 Å². The minimum Gasteiger partial charge on any atom is -0.273 e. The first-order valence-electron chi connectivity index (χ1n) is 10.5.